The van der Waals surface area contributed by atoms with E-state index >= 15 is 0 Å². The maximum absolute atomic E-state index is 4.76. The molecule has 6 heteroatoms. The van der Waals surface area contributed by atoms with Crippen molar-refractivity contribution in [2.24, 2.45) is 7.05 Å². The molecule has 0 atom stereocenters. The molecule has 0 bridgehead atoms. The summed E-state index contributed by atoms with van der Waals surface area (Å²) >= 11 is 1.63. The molecule has 0 aliphatic carbocycles. The Labute approximate surface area is 134 Å². The van der Waals surface area contributed by atoms with Crippen molar-refractivity contribution < 1.29 is 0 Å². The van der Waals surface area contributed by atoms with Gasteiger partial charge in [0.15, 0.2) is 5.65 Å². The van der Waals surface area contributed by atoms with E-state index in [0.717, 1.165) is 27.4 Å². The van der Waals surface area contributed by atoms with Crippen LogP contribution in [0.2, 0.25) is 0 Å². The van der Waals surface area contributed by atoms with Gasteiger partial charge in [0.2, 0.25) is 0 Å². The predicted octanol–water partition coefficient (Wildman–Crippen LogP) is 3.62. The van der Waals surface area contributed by atoms with Crippen LogP contribution in [0, 0.1) is 13.8 Å². The Morgan fingerprint density at radius 2 is 1.91 bits per heavy atom. The number of pyridine rings is 1. The van der Waals surface area contributed by atoms with Crippen molar-refractivity contribution in [1.82, 2.24) is 24.5 Å². The number of rotatable bonds is 3. The van der Waals surface area contributed by atoms with Crippen LogP contribution in [0.4, 0.5) is 0 Å². The van der Waals surface area contributed by atoms with Gasteiger partial charge in [-0.3, -0.25) is 4.68 Å². The van der Waals surface area contributed by atoms with Gasteiger partial charge in [-0.2, -0.15) is 10.2 Å². The van der Waals surface area contributed by atoms with E-state index in [-0.39, 0.29) is 0 Å². The van der Waals surface area contributed by atoms with Gasteiger partial charge in [0, 0.05) is 24.3 Å². The standard InChI is InChI=1S/C16H21N5S/c1-9(2)14-10(3)18-21(11(14)4)13-7-12-8-20(5)19-15(12)17-16(13)22-6/h7-9H,1-6H3. The van der Waals surface area contributed by atoms with Gasteiger partial charge in [0.25, 0.3) is 0 Å². The molecule has 0 saturated carbocycles. The van der Waals surface area contributed by atoms with Gasteiger partial charge in [-0.05, 0) is 37.7 Å². The van der Waals surface area contributed by atoms with Crippen molar-refractivity contribution in [3.63, 3.8) is 0 Å². The minimum Gasteiger partial charge on any atom is -0.273 e. The van der Waals surface area contributed by atoms with E-state index in [0.29, 0.717) is 5.92 Å². The first-order valence-electron chi connectivity index (χ1n) is 7.37. The van der Waals surface area contributed by atoms with E-state index in [1.807, 2.05) is 24.2 Å². The summed E-state index contributed by atoms with van der Waals surface area (Å²) in [4.78, 5) is 4.69. The molecule has 0 amide bonds. The number of hydrogen-bond donors (Lipinski definition) is 0. The van der Waals surface area contributed by atoms with E-state index in [4.69, 9.17) is 5.10 Å². The van der Waals surface area contributed by atoms with Gasteiger partial charge < -0.3 is 0 Å². The summed E-state index contributed by atoms with van der Waals surface area (Å²) < 4.78 is 3.82. The third-order valence-corrected chi connectivity index (χ3v) is 4.59. The van der Waals surface area contributed by atoms with E-state index < -0.39 is 0 Å². The van der Waals surface area contributed by atoms with Crippen LogP contribution in [0.5, 0.6) is 0 Å². The van der Waals surface area contributed by atoms with Gasteiger partial charge in [0.1, 0.15) is 5.03 Å². The molecule has 0 saturated heterocycles. The average Bonchev–Trinajstić information content (AvgIpc) is 2.95. The van der Waals surface area contributed by atoms with Crippen molar-refractivity contribution in [1.29, 1.82) is 0 Å². The Morgan fingerprint density at radius 1 is 1.18 bits per heavy atom. The zero-order chi connectivity index (χ0) is 16.0. The number of thioether (sulfide) groups is 1. The lowest BCUT2D eigenvalue weighted by Crippen LogP contribution is -2.03. The van der Waals surface area contributed by atoms with Crippen LogP contribution in [0.25, 0.3) is 16.7 Å². The number of aromatic nitrogens is 5. The summed E-state index contributed by atoms with van der Waals surface area (Å²) in [7, 11) is 1.92. The molecule has 22 heavy (non-hydrogen) atoms. The highest BCUT2D eigenvalue weighted by atomic mass is 32.2. The van der Waals surface area contributed by atoms with Crippen molar-refractivity contribution in [3.8, 4) is 5.69 Å². The fourth-order valence-corrected chi connectivity index (χ4v) is 3.61. The Hall–Kier alpha value is -1.82. The Morgan fingerprint density at radius 3 is 2.50 bits per heavy atom. The highest BCUT2D eigenvalue weighted by Crippen LogP contribution is 2.30. The normalized spacial score (nSPS) is 11.8. The van der Waals surface area contributed by atoms with Gasteiger partial charge in [-0.1, -0.05) is 13.8 Å². The van der Waals surface area contributed by atoms with Gasteiger partial charge in [-0.15, -0.1) is 11.8 Å². The van der Waals surface area contributed by atoms with Crippen LogP contribution >= 0.6 is 11.8 Å². The van der Waals surface area contributed by atoms with Crippen molar-refractivity contribution in [2.75, 3.05) is 6.26 Å². The summed E-state index contributed by atoms with van der Waals surface area (Å²) in [5.41, 5.74) is 5.40. The largest absolute Gasteiger partial charge is 0.273 e. The van der Waals surface area contributed by atoms with Crippen LogP contribution in [-0.4, -0.2) is 30.8 Å². The minimum absolute atomic E-state index is 0.460. The molecule has 0 spiro atoms. The molecule has 5 nitrogen and oxygen atoms in total. The Bertz CT molecular complexity index is 844. The molecule has 0 aliphatic rings. The van der Waals surface area contributed by atoms with Crippen LogP contribution in [0.15, 0.2) is 17.3 Å². The minimum atomic E-state index is 0.460. The summed E-state index contributed by atoms with van der Waals surface area (Å²) in [5, 5.41) is 11.1. The summed E-state index contributed by atoms with van der Waals surface area (Å²) in [6, 6.07) is 2.13. The third kappa shape index (κ3) is 2.31. The van der Waals surface area contributed by atoms with E-state index in [9.17, 15) is 0 Å². The van der Waals surface area contributed by atoms with Crippen molar-refractivity contribution in [2.45, 2.75) is 38.6 Å². The number of hydrogen-bond acceptors (Lipinski definition) is 4. The summed E-state index contributed by atoms with van der Waals surface area (Å²) in [6.45, 7) is 8.62. The number of fused-ring (bicyclic) bond motifs is 1. The molecule has 3 aromatic rings. The van der Waals surface area contributed by atoms with Gasteiger partial charge >= 0.3 is 0 Å². The monoisotopic (exact) mass is 315 g/mol. The van der Waals surface area contributed by atoms with Crippen LogP contribution < -0.4 is 0 Å². The lowest BCUT2D eigenvalue weighted by molar-refractivity contribution is 0.772. The number of nitrogens with zero attached hydrogens (tertiary/aromatic N) is 5. The van der Waals surface area contributed by atoms with E-state index in [1.54, 1.807) is 16.4 Å². The summed E-state index contributed by atoms with van der Waals surface area (Å²) in [5.74, 6) is 0.460. The second-order valence-electron chi connectivity index (χ2n) is 5.88. The molecule has 0 N–H and O–H groups in total. The maximum atomic E-state index is 4.76. The lowest BCUT2D eigenvalue weighted by Gasteiger charge is -2.10. The fourth-order valence-electron chi connectivity index (χ4n) is 3.07. The maximum Gasteiger partial charge on any atom is 0.182 e. The number of aryl methyl sites for hydroxylation is 2. The highest BCUT2D eigenvalue weighted by molar-refractivity contribution is 7.98. The molecule has 3 rings (SSSR count). The Kier molecular flexibility index (Phi) is 3.72. The molecular formula is C16H21N5S. The molecular weight excluding hydrogens is 294 g/mol. The molecule has 3 heterocycles. The van der Waals surface area contributed by atoms with E-state index in [2.05, 4.69) is 43.8 Å². The predicted molar refractivity (Wildman–Crippen MR) is 91.0 cm³/mol. The highest BCUT2D eigenvalue weighted by Gasteiger charge is 2.18. The smallest absolute Gasteiger partial charge is 0.182 e. The molecule has 116 valence electrons. The zero-order valence-electron chi connectivity index (χ0n) is 13.9. The SMILES string of the molecule is CSc1nc2nn(C)cc2cc1-n1nc(C)c(C(C)C)c1C. The fraction of sp³-hybridized carbons (Fsp3) is 0.438. The van der Waals surface area contributed by atoms with Gasteiger partial charge in [0.05, 0.1) is 11.4 Å². The van der Waals surface area contributed by atoms with Crippen molar-refractivity contribution >= 4 is 22.8 Å². The molecule has 0 radical (unpaired) electrons. The van der Waals surface area contributed by atoms with Crippen LogP contribution in [0.3, 0.4) is 0 Å². The first-order chi connectivity index (χ1) is 10.4. The Balaban J connectivity index is 2.27. The van der Waals surface area contributed by atoms with Crippen LogP contribution in [-0.2, 0) is 7.05 Å². The van der Waals surface area contributed by atoms with Crippen molar-refractivity contribution in [3.05, 3.63) is 29.2 Å². The second-order valence-corrected chi connectivity index (χ2v) is 6.68. The molecule has 3 aromatic heterocycles. The zero-order valence-corrected chi connectivity index (χ0v) is 14.7. The van der Waals surface area contributed by atoms with E-state index in [1.165, 1.54) is 11.3 Å². The van der Waals surface area contributed by atoms with Gasteiger partial charge in [-0.25, -0.2) is 9.67 Å². The summed E-state index contributed by atoms with van der Waals surface area (Å²) in [6.07, 6.45) is 4.03. The first-order valence-corrected chi connectivity index (χ1v) is 8.59. The first kappa shape index (κ1) is 15.1. The topological polar surface area (TPSA) is 48.5 Å². The molecule has 0 unspecified atom stereocenters. The second kappa shape index (κ2) is 5.43. The average molecular weight is 315 g/mol. The molecule has 0 fully saturated rings. The lowest BCUT2D eigenvalue weighted by atomic mass is 10.0. The third-order valence-electron chi connectivity index (χ3n) is 3.90. The quantitative estimate of drug-likeness (QED) is 0.693. The molecule has 0 aliphatic heterocycles. The van der Waals surface area contributed by atoms with Crippen LogP contribution in [0.1, 0.15) is 36.7 Å². The molecule has 0 aromatic carbocycles.